The van der Waals surface area contributed by atoms with E-state index in [-0.39, 0.29) is 0 Å². The summed E-state index contributed by atoms with van der Waals surface area (Å²) in [7, 11) is 0. The summed E-state index contributed by atoms with van der Waals surface area (Å²) in [5.41, 5.74) is 6.34. The van der Waals surface area contributed by atoms with Gasteiger partial charge in [-0.3, -0.25) is 0 Å². The summed E-state index contributed by atoms with van der Waals surface area (Å²) in [4.78, 5) is 4.09. The lowest BCUT2D eigenvalue weighted by atomic mass is 10.4. The van der Waals surface area contributed by atoms with Crippen molar-refractivity contribution in [2.75, 3.05) is 12.0 Å². The van der Waals surface area contributed by atoms with Crippen LogP contribution in [-0.4, -0.2) is 11.2 Å². The van der Waals surface area contributed by atoms with Gasteiger partial charge in [-0.2, -0.15) is 0 Å². The molecule has 0 spiro atoms. The van der Waals surface area contributed by atoms with Gasteiger partial charge in [-0.25, -0.2) is 4.98 Å². The molecule has 0 unspecified atom stereocenters. The molecule has 0 radical (unpaired) electrons. The first kappa shape index (κ1) is 7.88. The van der Waals surface area contributed by atoms with Crippen molar-refractivity contribution in [2.24, 2.45) is 0 Å². The van der Waals surface area contributed by atoms with Crippen molar-refractivity contribution in [1.29, 1.82) is 0 Å². The Morgan fingerprint density at radius 3 is 2.90 bits per heavy atom. The number of hydrogen-bond acceptors (Lipinski definition) is 3. The SMILES string of the molecule is CSc1ncc(Br)cc1N. The molecule has 1 aromatic heterocycles. The van der Waals surface area contributed by atoms with Gasteiger partial charge in [0.2, 0.25) is 0 Å². The zero-order chi connectivity index (χ0) is 7.56. The third kappa shape index (κ3) is 1.64. The second kappa shape index (κ2) is 3.25. The van der Waals surface area contributed by atoms with E-state index in [2.05, 4.69) is 20.9 Å². The second-order valence-electron chi connectivity index (χ2n) is 1.75. The van der Waals surface area contributed by atoms with Crippen LogP contribution in [0.1, 0.15) is 0 Å². The second-order valence-corrected chi connectivity index (χ2v) is 3.46. The number of hydrogen-bond donors (Lipinski definition) is 1. The summed E-state index contributed by atoms with van der Waals surface area (Å²) in [5.74, 6) is 0. The maximum absolute atomic E-state index is 5.62. The van der Waals surface area contributed by atoms with Crippen molar-refractivity contribution < 1.29 is 0 Å². The van der Waals surface area contributed by atoms with Gasteiger partial charge in [0.25, 0.3) is 0 Å². The summed E-state index contributed by atoms with van der Waals surface area (Å²) in [6, 6.07) is 1.85. The molecular weight excluding hydrogens is 212 g/mol. The number of pyridine rings is 1. The van der Waals surface area contributed by atoms with Crippen LogP contribution in [-0.2, 0) is 0 Å². The largest absolute Gasteiger partial charge is 0.397 e. The molecule has 0 aliphatic carbocycles. The average Bonchev–Trinajstić information content (AvgIpc) is 1.88. The lowest BCUT2D eigenvalue weighted by Gasteiger charge is -1.99. The molecule has 0 saturated heterocycles. The lowest BCUT2D eigenvalue weighted by molar-refractivity contribution is 1.14. The summed E-state index contributed by atoms with van der Waals surface area (Å²) in [6.45, 7) is 0. The number of thioether (sulfide) groups is 1. The van der Waals surface area contributed by atoms with E-state index < -0.39 is 0 Å². The van der Waals surface area contributed by atoms with E-state index >= 15 is 0 Å². The van der Waals surface area contributed by atoms with Gasteiger partial charge in [-0.15, -0.1) is 11.8 Å². The minimum absolute atomic E-state index is 0.724. The molecule has 10 heavy (non-hydrogen) atoms. The van der Waals surface area contributed by atoms with Crippen LogP contribution in [0.25, 0.3) is 0 Å². The first-order valence-electron chi connectivity index (χ1n) is 2.69. The number of halogens is 1. The number of anilines is 1. The predicted octanol–water partition coefficient (Wildman–Crippen LogP) is 2.15. The van der Waals surface area contributed by atoms with Gasteiger partial charge in [0.1, 0.15) is 5.03 Å². The first-order valence-corrected chi connectivity index (χ1v) is 4.71. The zero-order valence-corrected chi connectivity index (χ0v) is 7.87. The van der Waals surface area contributed by atoms with Crippen LogP contribution in [0.5, 0.6) is 0 Å². The summed E-state index contributed by atoms with van der Waals surface area (Å²) in [5, 5.41) is 0.878. The molecule has 1 aromatic rings. The third-order valence-corrected chi connectivity index (χ3v) is 2.20. The number of nitrogen functional groups attached to an aromatic ring is 1. The molecule has 0 saturated carbocycles. The van der Waals surface area contributed by atoms with Crippen LogP contribution >= 0.6 is 27.7 Å². The molecule has 0 aromatic carbocycles. The Morgan fingerprint density at radius 2 is 2.40 bits per heavy atom. The molecule has 0 amide bonds. The van der Waals surface area contributed by atoms with Crippen LogP contribution in [0.4, 0.5) is 5.69 Å². The Morgan fingerprint density at radius 1 is 1.70 bits per heavy atom. The monoisotopic (exact) mass is 218 g/mol. The van der Waals surface area contributed by atoms with Gasteiger partial charge in [-0.05, 0) is 28.3 Å². The highest BCUT2D eigenvalue weighted by Gasteiger charge is 1.97. The molecule has 0 atom stereocenters. The minimum atomic E-state index is 0.724. The molecule has 1 rings (SSSR count). The Kier molecular flexibility index (Phi) is 2.56. The predicted molar refractivity (Wildman–Crippen MR) is 48.1 cm³/mol. The molecule has 0 bridgehead atoms. The fourth-order valence-electron chi connectivity index (χ4n) is 0.613. The highest BCUT2D eigenvalue weighted by Crippen LogP contribution is 2.22. The fraction of sp³-hybridized carbons (Fsp3) is 0.167. The van der Waals surface area contributed by atoms with Crippen LogP contribution < -0.4 is 5.73 Å². The number of nitrogens with two attached hydrogens (primary N) is 1. The smallest absolute Gasteiger partial charge is 0.119 e. The quantitative estimate of drug-likeness (QED) is 0.735. The highest BCUT2D eigenvalue weighted by molar-refractivity contribution is 9.10. The molecule has 2 nitrogen and oxygen atoms in total. The van der Waals surface area contributed by atoms with E-state index in [1.54, 1.807) is 18.0 Å². The van der Waals surface area contributed by atoms with Crippen molar-refractivity contribution in [2.45, 2.75) is 5.03 Å². The van der Waals surface area contributed by atoms with Crippen LogP contribution in [0.2, 0.25) is 0 Å². The maximum atomic E-state index is 5.62. The van der Waals surface area contributed by atoms with Gasteiger partial charge in [0, 0.05) is 10.7 Å². The topological polar surface area (TPSA) is 38.9 Å². The molecular formula is C6H7BrN2S. The number of nitrogens with zero attached hydrogens (tertiary/aromatic N) is 1. The van der Waals surface area contributed by atoms with Gasteiger partial charge in [0.05, 0.1) is 5.69 Å². The van der Waals surface area contributed by atoms with E-state index in [4.69, 9.17) is 5.73 Å². The molecule has 0 fully saturated rings. The average molecular weight is 219 g/mol. The maximum Gasteiger partial charge on any atom is 0.119 e. The van der Waals surface area contributed by atoms with Gasteiger partial charge < -0.3 is 5.73 Å². The van der Waals surface area contributed by atoms with E-state index in [0.717, 1.165) is 15.2 Å². The zero-order valence-electron chi connectivity index (χ0n) is 5.47. The molecule has 0 aliphatic rings. The number of rotatable bonds is 1. The van der Waals surface area contributed by atoms with Crippen molar-refractivity contribution in [1.82, 2.24) is 4.98 Å². The van der Waals surface area contributed by atoms with Crippen molar-refractivity contribution in [3.05, 3.63) is 16.7 Å². The molecule has 4 heteroatoms. The molecule has 2 N–H and O–H groups in total. The Labute approximate surface area is 72.3 Å². The van der Waals surface area contributed by atoms with Crippen LogP contribution in [0.15, 0.2) is 21.8 Å². The molecule has 1 heterocycles. The highest BCUT2D eigenvalue weighted by atomic mass is 79.9. The van der Waals surface area contributed by atoms with Crippen molar-refractivity contribution in [3.8, 4) is 0 Å². The Balaban J connectivity index is 3.07. The van der Waals surface area contributed by atoms with E-state index in [1.165, 1.54) is 0 Å². The van der Waals surface area contributed by atoms with Gasteiger partial charge in [-0.1, -0.05) is 0 Å². The van der Waals surface area contributed by atoms with Gasteiger partial charge in [0.15, 0.2) is 0 Å². The number of aromatic nitrogens is 1. The van der Waals surface area contributed by atoms with Crippen LogP contribution in [0.3, 0.4) is 0 Å². The Bertz CT molecular complexity index is 239. The van der Waals surface area contributed by atoms with E-state index in [0.29, 0.717) is 0 Å². The fourth-order valence-corrected chi connectivity index (χ4v) is 1.41. The van der Waals surface area contributed by atoms with E-state index in [1.807, 2.05) is 12.3 Å². The molecule has 54 valence electrons. The van der Waals surface area contributed by atoms with Crippen molar-refractivity contribution >= 4 is 33.4 Å². The normalized spacial score (nSPS) is 9.80. The summed E-state index contributed by atoms with van der Waals surface area (Å²) >= 11 is 4.82. The van der Waals surface area contributed by atoms with Crippen molar-refractivity contribution in [3.63, 3.8) is 0 Å². The first-order chi connectivity index (χ1) is 4.74. The molecule has 0 aliphatic heterocycles. The van der Waals surface area contributed by atoms with Crippen LogP contribution in [0, 0.1) is 0 Å². The standard InChI is InChI=1S/C6H7BrN2S/c1-10-6-5(8)2-4(7)3-9-6/h2-3H,8H2,1H3. The summed E-state index contributed by atoms with van der Waals surface area (Å²) < 4.78 is 0.919. The van der Waals surface area contributed by atoms with E-state index in [9.17, 15) is 0 Å². The van der Waals surface area contributed by atoms with Gasteiger partial charge >= 0.3 is 0 Å². The third-order valence-electron chi connectivity index (χ3n) is 1.04. The minimum Gasteiger partial charge on any atom is -0.397 e. The summed E-state index contributed by atoms with van der Waals surface area (Å²) in [6.07, 6.45) is 3.69. The lowest BCUT2D eigenvalue weighted by Crippen LogP contribution is -1.90. The Hall–Kier alpha value is -0.220.